The third-order valence-corrected chi connectivity index (χ3v) is 4.11. The van der Waals surface area contributed by atoms with Crippen LogP contribution in [0.5, 0.6) is 0 Å². The monoisotopic (exact) mass is 296 g/mol. The molecule has 0 aromatic heterocycles. The number of Topliss-reactive ketones (excluding diaryl/α,β-unsaturated/α-hetero) is 1. The van der Waals surface area contributed by atoms with Crippen molar-refractivity contribution in [3.63, 3.8) is 0 Å². The van der Waals surface area contributed by atoms with Gasteiger partial charge in [-0.25, -0.2) is 0 Å². The van der Waals surface area contributed by atoms with Crippen molar-refractivity contribution < 1.29 is 9.72 Å². The molecule has 20 heavy (non-hydrogen) atoms. The van der Waals surface area contributed by atoms with Crippen molar-refractivity contribution in [3.8, 4) is 0 Å². The van der Waals surface area contributed by atoms with Crippen LogP contribution in [0.4, 0.5) is 5.69 Å². The van der Waals surface area contributed by atoms with Crippen LogP contribution in [0, 0.1) is 16.0 Å². The van der Waals surface area contributed by atoms with Crippen LogP contribution in [0.15, 0.2) is 18.2 Å². The first-order valence-corrected chi connectivity index (χ1v) is 7.01. The number of rotatable bonds is 4. The van der Waals surface area contributed by atoms with E-state index in [4.69, 9.17) is 11.6 Å². The van der Waals surface area contributed by atoms with Crippen molar-refractivity contribution >= 4 is 23.1 Å². The molecular weight excluding hydrogens is 280 g/mol. The van der Waals surface area contributed by atoms with E-state index >= 15 is 0 Å². The Kier molecular flexibility index (Phi) is 4.73. The number of piperidine rings is 1. The van der Waals surface area contributed by atoms with E-state index in [1.165, 1.54) is 6.07 Å². The number of hydrogen-bond acceptors (Lipinski definition) is 4. The Bertz CT molecular complexity index is 533. The van der Waals surface area contributed by atoms with Crippen LogP contribution in [-0.2, 0) is 11.3 Å². The van der Waals surface area contributed by atoms with E-state index in [-0.39, 0.29) is 17.4 Å². The number of ketones is 1. The second kappa shape index (κ2) is 6.33. The van der Waals surface area contributed by atoms with Gasteiger partial charge in [0.25, 0.3) is 5.69 Å². The highest BCUT2D eigenvalue weighted by molar-refractivity contribution is 6.31. The molecule has 1 aliphatic rings. The molecule has 108 valence electrons. The Morgan fingerprint density at radius 1 is 1.55 bits per heavy atom. The molecule has 0 bridgehead atoms. The van der Waals surface area contributed by atoms with Crippen molar-refractivity contribution in [2.45, 2.75) is 26.3 Å². The summed E-state index contributed by atoms with van der Waals surface area (Å²) in [6.07, 6.45) is 1.83. The average molecular weight is 297 g/mol. The van der Waals surface area contributed by atoms with Crippen molar-refractivity contribution in [1.29, 1.82) is 0 Å². The van der Waals surface area contributed by atoms with E-state index in [2.05, 4.69) is 4.90 Å². The molecule has 1 fully saturated rings. The quantitative estimate of drug-likeness (QED) is 0.633. The molecule has 0 radical (unpaired) electrons. The standard InChI is InChI=1S/C14H17ClN2O3/c1-10(18)11-4-3-7-16(8-11)9-12-13(15)5-2-6-14(12)17(19)20/h2,5-6,11H,3-4,7-9H2,1H3. The molecular formula is C14H17ClN2O3. The zero-order valence-corrected chi connectivity index (χ0v) is 12.1. The molecule has 1 atom stereocenters. The highest BCUT2D eigenvalue weighted by Crippen LogP contribution is 2.29. The molecule has 1 saturated heterocycles. The van der Waals surface area contributed by atoms with Crippen LogP contribution in [-0.4, -0.2) is 28.7 Å². The molecule has 6 heteroatoms. The SMILES string of the molecule is CC(=O)C1CCCN(Cc2c(Cl)cccc2[N+](=O)[O-])C1. The minimum absolute atomic E-state index is 0.0327. The van der Waals surface area contributed by atoms with Crippen molar-refractivity contribution in [2.24, 2.45) is 5.92 Å². The van der Waals surface area contributed by atoms with Crippen LogP contribution in [0.1, 0.15) is 25.3 Å². The zero-order chi connectivity index (χ0) is 14.7. The molecule has 0 saturated carbocycles. The summed E-state index contributed by atoms with van der Waals surface area (Å²) in [4.78, 5) is 24.2. The lowest BCUT2D eigenvalue weighted by atomic mass is 9.94. The maximum atomic E-state index is 11.5. The number of benzene rings is 1. The number of nitro benzene ring substituents is 1. The number of carbonyl (C=O) groups excluding carboxylic acids is 1. The Hall–Kier alpha value is -1.46. The first kappa shape index (κ1) is 14.9. The summed E-state index contributed by atoms with van der Waals surface area (Å²) < 4.78 is 0. The second-order valence-corrected chi connectivity index (χ2v) is 5.59. The summed E-state index contributed by atoms with van der Waals surface area (Å²) >= 11 is 6.09. The van der Waals surface area contributed by atoms with Gasteiger partial charge in [-0.1, -0.05) is 17.7 Å². The van der Waals surface area contributed by atoms with Gasteiger partial charge in [0.1, 0.15) is 5.78 Å². The van der Waals surface area contributed by atoms with Crippen molar-refractivity contribution in [3.05, 3.63) is 38.9 Å². The molecule has 5 nitrogen and oxygen atoms in total. The number of nitro groups is 1. The molecule has 0 spiro atoms. The van der Waals surface area contributed by atoms with E-state index in [1.807, 2.05) is 0 Å². The third kappa shape index (κ3) is 3.35. The molecule has 1 aromatic carbocycles. The zero-order valence-electron chi connectivity index (χ0n) is 11.3. The topological polar surface area (TPSA) is 63.5 Å². The largest absolute Gasteiger partial charge is 0.300 e. The van der Waals surface area contributed by atoms with Gasteiger partial charge in [0.15, 0.2) is 0 Å². The van der Waals surface area contributed by atoms with Gasteiger partial charge in [0.2, 0.25) is 0 Å². The normalized spacial score (nSPS) is 19.8. The Labute approximate surface area is 122 Å². The fraction of sp³-hybridized carbons (Fsp3) is 0.500. The first-order valence-electron chi connectivity index (χ1n) is 6.63. The highest BCUT2D eigenvalue weighted by atomic mass is 35.5. The van der Waals surface area contributed by atoms with Crippen molar-refractivity contribution in [1.82, 2.24) is 4.90 Å². The minimum Gasteiger partial charge on any atom is -0.300 e. The Balaban J connectivity index is 2.17. The summed E-state index contributed by atoms with van der Waals surface area (Å²) in [7, 11) is 0. The minimum atomic E-state index is -0.409. The second-order valence-electron chi connectivity index (χ2n) is 5.18. The molecule has 2 rings (SSSR count). The molecule has 1 aliphatic heterocycles. The van der Waals surface area contributed by atoms with Crippen LogP contribution in [0.25, 0.3) is 0 Å². The average Bonchev–Trinajstić information content (AvgIpc) is 2.41. The van der Waals surface area contributed by atoms with Crippen LogP contribution in [0.2, 0.25) is 5.02 Å². The van der Waals surface area contributed by atoms with E-state index in [0.29, 0.717) is 23.7 Å². The fourth-order valence-electron chi connectivity index (χ4n) is 2.63. The number of nitrogens with zero attached hydrogens (tertiary/aromatic N) is 2. The molecule has 1 unspecified atom stereocenters. The van der Waals surface area contributed by atoms with Crippen LogP contribution < -0.4 is 0 Å². The number of carbonyl (C=O) groups is 1. The Morgan fingerprint density at radius 2 is 2.30 bits per heavy atom. The van der Waals surface area contributed by atoms with Gasteiger partial charge in [-0.05, 0) is 32.4 Å². The predicted octanol–water partition coefficient (Wildman–Crippen LogP) is 3.05. The van der Waals surface area contributed by atoms with Gasteiger partial charge in [-0.15, -0.1) is 0 Å². The first-order chi connectivity index (χ1) is 9.49. The summed E-state index contributed by atoms with van der Waals surface area (Å²) in [6.45, 7) is 3.51. The van der Waals surface area contributed by atoms with E-state index < -0.39 is 4.92 Å². The summed E-state index contributed by atoms with van der Waals surface area (Å²) in [5, 5.41) is 11.5. The summed E-state index contributed by atoms with van der Waals surface area (Å²) in [5.41, 5.74) is 0.575. The van der Waals surface area contributed by atoms with E-state index in [1.54, 1.807) is 19.1 Å². The lowest BCUT2D eigenvalue weighted by Gasteiger charge is -2.31. The molecule has 0 aliphatic carbocycles. The Morgan fingerprint density at radius 3 is 2.95 bits per heavy atom. The van der Waals surface area contributed by atoms with Gasteiger partial charge in [0, 0.05) is 25.1 Å². The lowest BCUT2D eigenvalue weighted by Crippen LogP contribution is -2.37. The molecule has 1 heterocycles. The van der Waals surface area contributed by atoms with Gasteiger partial charge in [-0.2, -0.15) is 0 Å². The number of hydrogen-bond donors (Lipinski definition) is 0. The van der Waals surface area contributed by atoms with E-state index in [9.17, 15) is 14.9 Å². The van der Waals surface area contributed by atoms with Gasteiger partial charge in [-0.3, -0.25) is 19.8 Å². The molecule has 0 N–H and O–H groups in total. The summed E-state index contributed by atoms with van der Waals surface area (Å²) in [6, 6.07) is 4.71. The highest BCUT2D eigenvalue weighted by Gasteiger charge is 2.26. The number of halogens is 1. The smallest absolute Gasteiger partial charge is 0.275 e. The maximum Gasteiger partial charge on any atom is 0.275 e. The van der Waals surface area contributed by atoms with Crippen molar-refractivity contribution in [2.75, 3.05) is 13.1 Å². The van der Waals surface area contributed by atoms with Gasteiger partial charge >= 0.3 is 0 Å². The summed E-state index contributed by atoms with van der Waals surface area (Å²) in [5.74, 6) is 0.216. The number of likely N-dealkylation sites (tertiary alicyclic amines) is 1. The fourth-order valence-corrected chi connectivity index (χ4v) is 2.86. The molecule has 1 aromatic rings. The van der Waals surface area contributed by atoms with Gasteiger partial charge in [0.05, 0.1) is 15.5 Å². The third-order valence-electron chi connectivity index (χ3n) is 3.75. The molecule has 0 amide bonds. The lowest BCUT2D eigenvalue weighted by molar-refractivity contribution is -0.385. The predicted molar refractivity (Wildman–Crippen MR) is 76.8 cm³/mol. The van der Waals surface area contributed by atoms with Crippen LogP contribution >= 0.6 is 11.6 Å². The van der Waals surface area contributed by atoms with E-state index in [0.717, 1.165) is 19.4 Å². The maximum absolute atomic E-state index is 11.5. The van der Waals surface area contributed by atoms with Crippen LogP contribution in [0.3, 0.4) is 0 Å². The van der Waals surface area contributed by atoms with Gasteiger partial charge < -0.3 is 0 Å².